The summed E-state index contributed by atoms with van der Waals surface area (Å²) in [5, 5.41) is 3.01. The van der Waals surface area contributed by atoms with Gasteiger partial charge in [0.15, 0.2) is 0 Å². The fourth-order valence-electron chi connectivity index (χ4n) is 1.68. The van der Waals surface area contributed by atoms with E-state index in [1.165, 1.54) is 6.07 Å². The molecule has 1 aromatic carbocycles. The summed E-state index contributed by atoms with van der Waals surface area (Å²) < 4.78 is 50.7. The number of sulfonamides is 2. The van der Waals surface area contributed by atoms with Crippen LogP contribution in [0.2, 0.25) is 0 Å². The Morgan fingerprint density at radius 3 is 2.29 bits per heavy atom. The fourth-order valence-corrected chi connectivity index (χ4v) is 3.42. The van der Waals surface area contributed by atoms with E-state index in [2.05, 4.69) is 14.8 Å². The average molecular weight is 335 g/mol. The molecule has 1 aromatic rings. The molecular weight excluding hydrogens is 314 g/mol. The molecule has 0 aliphatic carbocycles. The van der Waals surface area contributed by atoms with E-state index in [0.29, 0.717) is 31.7 Å². The van der Waals surface area contributed by atoms with Crippen molar-refractivity contribution < 1.29 is 16.8 Å². The standard InChI is InChI=1S/C12H21N3O4S2/c1-3-14-21(18,19)12-8-5-4-7-11(12)13-9-6-10-15-20(2,16)17/h4-5,7-8,13-15H,3,6,9-10H2,1-2H3. The van der Waals surface area contributed by atoms with Crippen molar-refractivity contribution in [1.29, 1.82) is 0 Å². The first kappa shape index (κ1) is 17.9. The first-order valence-corrected chi connectivity index (χ1v) is 9.91. The van der Waals surface area contributed by atoms with E-state index in [-0.39, 0.29) is 4.90 Å². The van der Waals surface area contributed by atoms with E-state index >= 15 is 0 Å². The normalized spacial score (nSPS) is 12.3. The molecule has 0 unspecified atom stereocenters. The summed E-state index contributed by atoms with van der Waals surface area (Å²) in [5.74, 6) is 0. The lowest BCUT2D eigenvalue weighted by Gasteiger charge is -2.12. The smallest absolute Gasteiger partial charge is 0.242 e. The minimum absolute atomic E-state index is 0.183. The van der Waals surface area contributed by atoms with Crippen LogP contribution in [-0.2, 0) is 20.0 Å². The van der Waals surface area contributed by atoms with Crippen LogP contribution in [0.1, 0.15) is 13.3 Å². The molecule has 0 aliphatic rings. The number of hydrogen-bond acceptors (Lipinski definition) is 5. The number of para-hydroxylation sites is 1. The Hall–Kier alpha value is -1.16. The largest absolute Gasteiger partial charge is 0.384 e. The Kier molecular flexibility index (Phi) is 6.59. The molecule has 0 heterocycles. The Morgan fingerprint density at radius 1 is 1.00 bits per heavy atom. The third kappa shape index (κ3) is 6.42. The number of nitrogens with one attached hydrogen (secondary N) is 3. The van der Waals surface area contributed by atoms with Gasteiger partial charge >= 0.3 is 0 Å². The van der Waals surface area contributed by atoms with Crippen LogP contribution in [0.4, 0.5) is 5.69 Å². The molecule has 0 fully saturated rings. The van der Waals surface area contributed by atoms with Crippen LogP contribution in [0.25, 0.3) is 0 Å². The lowest BCUT2D eigenvalue weighted by Crippen LogP contribution is -2.25. The molecule has 9 heteroatoms. The van der Waals surface area contributed by atoms with Crippen molar-refractivity contribution in [3.05, 3.63) is 24.3 Å². The maximum absolute atomic E-state index is 12.0. The number of benzene rings is 1. The lowest BCUT2D eigenvalue weighted by atomic mass is 10.3. The van der Waals surface area contributed by atoms with Gasteiger partial charge in [-0.2, -0.15) is 0 Å². The van der Waals surface area contributed by atoms with Crippen LogP contribution < -0.4 is 14.8 Å². The topological polar surface area (TPSA) is 104 Å². The summed E-state index contributed by atoms with van der Waals surface area (Å²) in [6, 6.07) is 6.59. The molecule has 0 saturated heterocycles. The number of anilines is 1. The van der Waals surface area contributed by atoms with Gasteiger partial charge in [0.25, 0.3) is 0 Å². The predicted octanol–water partition coefficient (Wildman–Crippen LogP) is 0.336. The van der Waals surface area contributed by atoms with Crippen molar-refractivity contribution in [2.45, 2.75) is 18.2 Å². The molecule has 0 amide bonds. The van der Waals surface area contributed by atoms with Crippen LogP contribution in [0.3, 0.4) is 0 Å². The summed E-state index contributed by atoms with van der Waals surface area (Å²) in [6.07, 6.45) is 1.64. The van der Waals surface area contributed by atoms with Crippen molar-refractivity contribution in [3.63, 3.8) is 0 Å². The Labute approximate surface area is 126 Å². The van der Waals surface area contributed by atoms with Crippen molar-refractivity contribution >= 4 is 25.7 Å². The Bertz CT molecular complexity index is 657. The highest BCUT2D eigenvalue weighted by Gasteiger charge is 2.16. The molecule has 0 saturated carbocycles. The first-order valence-electron chi connectivity index (χ1n) is 6.53. The second kappa shape index (κ2) is 7.74. The molecule has 0 radical (unpaired) electrons. The summed E-state index contributed by atoms with van der Waals surface area (Å²) in [5.41, 5.74) is 0.498. The SMILES string of the molecule is CCNS(=O)(=O)c1ccccc1NCCCNS(C)(=O)=O. The predicted molar refractivity (Wildman–Crippen MR) is 83.3 cm³/mol. The van der Waals surface area contributed by atoms with Gasteiger partial charge in [0, 0.05) is 19.6 Å². The Morgan fingerprint density at radius 2 is 1.67 bits per heavy atom. The highest BCUT2D eigenvalue weighted by molar-refractivity contribution is 7.89. The van der Waals surface area contributed by atoms with E-state index in [9.17, 15) is 16.8 Å². The van der Waals surface area contributed by atoms with E-state index in [1.54, 1.807) is 25.1 Å². The van der Waals surface area contributed by atoms with Gasteiger partial charge in [-0.05, 0) is 18.6 Å². The van der Waals surface area contributed by atoms with Gasteiger partial charge in [-0.3, -0.25) is 0 Å². The monoisotopic (exact) mass is 335 g/mol. The summed E-state index contributed by atoms with van der Waals surface area (Å²) in [4.78, 5) is 0.183. The van der Waals surface area contributed by atoms with Gasteiger partial charge in [0.05, 0.1) is 11.9 Å². The maximum atomic E-state index is 12.0. The summed E-state index contributed by atoms with van der Waals surface area (Å²) >= 11 is 0. The third-order valence-electron chi connectivity index (χ3n) is 2.54. The maximum Gasteiger partial charge on any atom is 0.242 e. The van der Waals surface area contributed by atoms with Crippen molar-refractivity contribution in [3.8, 4) is 0 Å². The third-order valence-corrected chi connectivity index (χ3v) is 4.88. The second-order valence-electron chi connectivity index (χ2n) is 4.44. The van der Waals surface area contributed by atoms with E-state index < -0.39 is 20.0 Å². The zero-order chi connectivity index (χ0) is 15.9. The molecule has 0 aromatic heterocycles. The van der Waals surface area contributed by atoms with E-state index in [1.807, 2.05) is 0 Å². The van der Waals surface area contributed by atoms with Crippen LogP contribution in [0, 0.1) is 0 Å². The van der Waals surface area contributed by atoms with Gasteiger partial charge < -0.3 is 5.32 Å². The van der Waals surface area contributed by atoms with E-state index in [0.717, 1.165) is 6.26 Å². The highest BCUT2D eigenvalue weighted by atomic mass is 32.2. The van der Waals surface area contributed by atoms with Gasteiger partial charge in [-0.25, -0.2) is 26.3 Å². The molecule has 0 bridgehead atoms. The number of hydrogen-bond donors (Lipinski definition) is 3. The molecule has 3 N–H and O–H groups in total. The molecular formula is C12H21N3O4S2. The highest BCUT2D eigenvalue weighted by Crippen LogP contribution is 2.20. The van der Waals surface area contributed by atoms with Gasteiger partial charge in [0.2, 0.25) is 20.0 Å². The molecule has 0 spiro atoms. The minimum Gasteiger partial charge on any atom is -0.384 e. The number of rotatable bonds is 9. The Balaban J connectivity index is 2.64. The van der Waals surface area contributed by atoms with Crippen LogP contribution in [0.15, 0.2) is 29.2 Å². The summed E-state index contributed by atoms with van der Waals surface area (Å²) in [7, 11) is -6.72. The van der Waals surface area contributed by atoms with E-state index in [4.69, 9.17) is 0 Å². The van der Waals surface area contributed by atoms with Crippen molar-refractivity contribution in [2.75, 3.05) is 31.2 Å². The molecule has 0 aliphatic heterocycles. The fraction of sp³-hybridized carbons (Fsp3) is 0.500. The first-order chi connectivity index (χ1) is 9.76. The molecule has 120 valence electrons. The molecule has 21 heavy (non-hydrogen) atoms. The van der Waals surface area contributed by atoms with Gasteiger partial charge in [0.1, 0.15) is 4.90 Å². The van der Waals surface area contributed by atoms with Crippen molar-refractivity contribution in [1.82, 2.24) is 9.44 Å². The zero-order valence-corrected chi connectivity index (χ0v) is 13.7. The van der Waals surface area contributed by atoms with Crippen LogP contribution in [0.5, 0.6) is 0 Å². The zero-order valence-electron chi connectivity index (χ0n) is 12.1. The van der Waals surface area contributed by atoms with Gasteiger partial charge in [-0.15, -0.1) is 0 Å². The van der Waals surface area contributed by atoms with Crippen LogP contribution in [-0.4, -0.2) is 42.7 Å². The molecule has 0 atom stereocenters. The van der Waals surface area contributed by atoms with Crippen molar-refractivity contribution in [2.24, 2.45) is 0 Å². The minimum atomic E-state index is -3.53. The van der Waals surface area contributed by atoms with Gasteiger partial charge in [-0.1, -0.05) is 19.1 Å². The lowest BCUT2D eigenvalue weighted by molar-refractivity contribution is 0.584. The summed E-state index contributed by atoms with van der Waals surface area (Å²) in [6.45, 7) is 2.79. The van der Waals surface area contributed by atoms with Crippen LogP contribution >= 0.6 is 0 Å². The molecule has 7 nitrogen and oxygen atoms in total. The quantitative estimate of drug-likeness (QED) is 0.564. The molecule has 1 rings (SSSR count). The average Bonchev–Trinajstić information content (AvgIpc) is 2.37. The second-order valence-corrected chi connectivity index (χ2v) is 8.01.